The van der Waals surface area contributed by atoms with Crippen molar-refractivity contribution >= 4 is 0 Å². The second-order valence-corrected chi connectivity index (χ2v) is 11.7. The van der Waals surface area contributed by atoms with Crippen molar-refractivity contribution in [3.05, 3.63) is 145 Å². The van der Waals surface area contributed by atoms with Gasteiger partial charge in [0.15, 0.2) is 5.82 Å². The average molecular weight is 541 g/mol. The standard InChI is InChI=1S/C40H32N2/c1-4-14-28(15-5-1)36-27-37(29-16-6-2-7-17-29)42-39(41-36)31-19-12-18-30(26-31)32-21-13-22-34-33-20-8-9-23-35(33)40(38(32)34)24-10-3-11-25-40/h1-2,4-9,12-23,26-27H,3,10-11,24-25H2. The van der Waals surface area contributed by atoms with E-state index in [1.54, 1.807) is 0 Å². The second kappa shape index (κ2) is 10.2. The first-order valence-corrected chi connectivity index (χ1v) is 15.1. The molecule has 1 fully saturated rings. The summed E-state index contributed by atoms with van der Waals surface area (Å²) in [6, 6.07) is 47.8. The van der Waals surface area contributed by atoms with Crippen LogP contribution in [0.5, 0.6) is 0 Å². The molecule has 0 N–H and O–H groups in total. The first kappa shape index (κ1) is 24.9. The Labute approximate surface area is 247 Å². The van der Waals surface area contributed by atoms with Gasteiger partial charge in [0.05, 0.1) is 11.4 Å². The summed E-state index contributed by atoms with van der Waals surface area (Å²) in [5.74, 6) is 0.750. The van der Waals surface area contributed by atoms with Crippen LogP contribution >= 0.6 is 0 Å². The molecule has 8 rings (SSSR count). The Bertz CT molecular complexity index is 1840. The Balaban J connectivity index is 1.29. The van der Waals surface area contributed by atoms with Crippen LogP contribution in [0.15, 0.2) is 133 Å². The fraction of sp³-hybridized carbons (Fsp3) is 0.150. The van der Waals surface area contributed by atoms with Crippen molar-refractivity contribution in [2.24, 2.45) is 0 Å². The van der Waals surface area contributed by atoms with Crippen LogP contribution in [-0.2, 0) is 5.41 Å². The van der Waals surface area contributed by atoms with Crippen molar-refractivity contribution in [3.63, 3.8) is 0 Å². The van der Waals surface area contributed by atoms with Crippen molar-refractivity contribution in [3.8, 4) is 56.2 Å². The molecule has 0 atom stereocenters. The van der Waals surface area contributed by atoms with E-state index >= 15 is 0 Å². The number of benzene rings is 5. The van der Waals surface area contributed by atoms with Gasteiger partial charge in [-0.1, -0.05) is 141 Å². The molecule has 0 amide bonds. The molecule has 0 saturated heterocycles. The molecule has 202 valence electrons. The quantitative estimate of drug-likeness (QED) is 0.222. The Kier molecular flexibility index (Phi) is 6.07. The van der Waals surface area contributed by atoms with E-state index < -0.39 is 0 Å². The summed E-state index contributed by atoms with van der Waals surface area (Å²) in [6.07, 6.45) is 6.33. The predicted molar refractivity (Wildman–Crippen MR) is 173 cm³/mol. The summed E-state index contributed by atoms with van der Waals surface area (Å²) >= 11 is 0. The van der Waals surface area contributed by atoms with Gasteiger partial charge in [-0.15, -0.1) is 0 Å². The lowest BCUT2D eigenvalue weighted by molar-refractivity contribution is 0.353. The minimum Gasteiger partial charge on any atom is -0.228 e. The number of aromatic nitrogens is 2. The molecule has 0 aliphatic heterocycles. The summed E-state index contributed by atoms with van der Waals surface area (Å²) in [7, 11) is 0. The van der Waals surface area contributed by atoms with Crippen LogP contribution in [0.3, 0.4) is 0 Å². The number of rotatable bonds is 4. The topological polar surface area (TPSA) is 25.8 Å². The van der Waals surface area contributed by atoms with Gasteiger partial charge in [0.2, 0.25) is 0 Å². The predicted octanol–water partition coefficient (Wildman–Crippen LogP) is 10.4. The smallest absolute Gasteiger partial charge is 0.160 e. The Morgan fingerprint density at radius 2 is 0.976 bits per heavy atom. The maximum atomic E-state index is 5.11. The second-order valence-electron chi connectivity index (χ2n) is 11.7. The lowest BCUT2D eigenvalue weighted by Crippen LogP contribution is -2.28. The van der Waals surface area contributed by atoms with Gasteiger partial charge in [-0.2, -0.15) is 0 Å². The lowest BCUT2D eigenvalue weighted by atomic mass is 9.66. The van der Waals surface area contributed by atoms with Crippen LogP contribution in [-0.4, -0.2) is 9.97 Å². The summed E-state index contributed by atoms with van der Waals surface area (Å²) in [4.78, 5) is 10.2. The van der Waals surface area contributed by atoms with Gasteiger partial charge in [-0.3, -0.25) is 0 Å². The first-order valence-electron chi connectivity index (χ1n) is 15.1. The van der Waals surface area contributed by atoms with E-state index in [0.717, 1.165) is 33.9 Å². The minimum absolute atomic E-state index is 0.0982. The van der Waals surface area contributed by atoms with Crippen molar-refractivity contribution < 1.29 is 0 Å². The van der Waals surface area contributed by atoms with Crippen molar-refractivity contribution in [1.82, 2.24) is 9.97 Å². The molecular formula is C40H32N2. The van der Waals surface area contributed by atoms with Crippen LogP contribution in [0.1, 0.15) is 43.2 Å². The minimum atomic E-state index is 0.0982. The molecule has 1 spiro atoms. The van der Waals surface area contributed by atoms with Crippen molar-refractivity contribution in [1.29, 1.82) is 0 Å². The largest absolute Gasteiger partial charge is 0.228 e. The van der Waals surface area contributed by atoms with E-state index in [4.69, 9.17) is 9.97 Å². The molecule has 2 aliphatic rings. The Hall–Kier alpha value is -4.82. The highest BCUT2D eigenvalue weighted by molar-refractivity contribution is 5.89. The van der Waals surface area contributed by atoms with E-state index in [2.05, 4.69) is 121 Å². The van der Waals surface area contributed by atoms with E-state index in [1.807, 2.05) is 12.1 Å². The fourth-order valence-corrected chi connectivity index (χ4v) is 7.39. The Morgan fingerprint density at radius 3 is 1.69 bits per heavy atom. The SMILES string of the molecule is c1ccc(-c2cc(-c3ccccc3)nc(-c3cccc(-c4cccc5c4C4(CCCCC4)c4ccccc4-5)c3)n2)cc1. The number of fused-ring (bicyclic) bond motifs is 5. The molecule has 6 aromatic rings. The molecular weight excluding hydrogens is 508 g/mol. The highest BCUT2D eigenvalue weighted by Crippen LogP contribution is 2.58. The molecule has 0 radical (unpaired) electrons. The maximum Gasteiger partial charge on any atom is 0.160 e. The molecule has 2 aliphatic carbocycles. The summed E-state index contributed by atoms with van der Waals surface area (Å²) < 4.78 is 0. The van der Waals surface area contributed by atoms with E-state index in [1.165, 1.54) is 65.5 Å². The summed E-state index contributed by atoms with van der Waals surface area (Å²) in [5, 5.41) is 0. The van der Waals surface area contributed by atoms with Crippen molar-refractivity contribution in [2.75, 3.05) is 0 Å². The normalized spacial score (nSPS) is 14.9. The van der Waals surface area contributed by atoms with Crippen molar-refractivity contribution in [2.45, 2.75) is 37.5 Å². The van der Waals surface area contributed by atoms with Crippen LogP contribution in [0, 0.1) is 0 Å². The Morgan fingerprint density at radius 1 is 0.429 bits per heavy atom. The van der Waals surface area contributed by atoms with Gasteiger partial charge in [0.1, 0.15) is 0 Å². The van der Waals surface area contributed by atoms with Crippen LogP contribution in [0.25, 0.3) is 56.2 Å². The molecule has 1 heterocycles. The fourth-order valence-electron chi connectivity index (χ4n) is 7.39. The first-order chi connectivity index (χ1) is 20.8. The zero-order chi connectivity index (χ0) is 27.9. The van der Waals surface area contributed by atoms with E-state index in [-0.39, 0.29) is 5.41 Å². The molecule has 5 aromatic carbocycles. The number of nitrogens with zero attached hydrogens (tertiary/aromatic N) is 2. The molecule has 1 saturated carbocycles. The molecule has 0 unspecified atom stereocenters. The van der Waals surface area contributed by atoms with Crippen LogP contribution < -0.4 is 0 Å². The van der Waals surface area contributed by atoms with Gasteiger partial charge in [0.25, 0.3) is 0 Å². The highest BCUT2D eigenvalue weighted by atomic mass is 14.9. The van der Waals surface area contributed by atoms with Gasteiger partial charge < -0.3 is 0 Å². The molecule has 2 heteroatoms. The summed E-state index contributed by atoms with van der Waals surface area (Å²) in [5.41, 5.74) is 13.6. The zero-order valence-electron chi connectivity index (χ0n) is 23.6. The monoisotopic (exact) mass is 540 g/mol. The molecule has 0 bridgehead atoms. The third-order valence-corrected chi connectivity index (χ3v) is 9.28. The lowest BCUT2D eigenvalue weighted by Gasteiger charge is -2.37. The molecule has 2 nitrogen and oxygen atoms in total. The third kappa shape index (κ3) is 4.10. The number of hydrogen-bond donors (Lipinski definition) is 0. The zero-order valence-corrected chi connectivity index (χ0v) is 23.6. The van der Waals surface area contributed by atoms with E-state index in [0.29, 0.717) is 0 Å². The summed E-state index contributed by atoms with van der Waals surface area (Å²) in [6.45, 7) is 0. The third-order valence-electron chi connectivity index (χ3n) is 9.28. The number of hydrogen-bond acceptors (Lipinski definition) is 2. The maximum absolute atomic E-state index is 5.11. The van der Waals surface area contributed by atoms with Gasteiger partial charge in [-0.25, -0.2) is 9.97 Å². The van der Waals surface area contributed by atoms with Gasteiger partial charge >= 0.3 is 0 Å². The van der Waals surface area contributed by atoms with Crippen LogP contribution in [0.4, 0.5) is 0 Å². The highest BCUT2D eigenvalue weighted by Gasteiger charge is 2.45. The molecule has 1 aromatic heterocycles. The average Bonchev–Trinajstić information content (AvgIpc) is 3.35. The van der Waals surface area contributed by atoms with Gasteiger partial charge in [-0.05, 0) is 58.4 Å². The van der Waals surface area contributed by atoms with E-state index in [9.17, 15) is 0 Å². The van der Waals surface area contributed by atoms with Gasteiger partial charge in [0, 0.05) is 22.1 Å². The van der Waals surface area contributed by atoms with Crippen LogP contribution in [0.2, 0.25) is 0 Å². The molecule has 42 heavy (non-hydrogen) atoms.